The molecule has 0 radical (unpaired) electrons. The fourth-order valence-electron chi connectivity index (χ4n) is 2.10. The number of rotatable bonds is 4. The third-order valence-electron chi connectivity index (χ3n) is 3.28. The van der Waals surface area contributed by atoms with Gasteiger partial charge in [-0.05, 0) is 26.9 Å². The number of nitrogens with two attached hydrogens (primary N) is 1. The molecule has 1 fully saturated rings. The lowest BCUT2D eigenvalue weighted by Gasteiger charge is -2.36. The Morgan fingerprint density at radius 1 is 1.50 bits per heavy atom. The standard InChI is InChI=1S/C11H23N3O2/c1-13(2)9-4-6-14(7-5-9)11(15)10(8-12)16-3/h9-10H,4-8,12H2,1-3H3. The van der Waals surface area contributed by atoms with Crippen molar-refractivity contribution in [2.24, 2.45) is 5.73 Å². The third-order valence-corrected chi connectivity index (χ3v) is 3.28. The molecule has 0 saturated carbocycles. The fraction of sp³-hybridized carbons (Fsp3) is 0.909. The zero-order valence-electron chi connectivity index (χ0n) is 10.5. The van der Waals surface area contributed by atoms with Crippen molar-refractivity contribution in [3.05, 3.63) is 0 Å². The Morgan fingerprint density at radius 3 is 2.44 bits per heavy atom. The van der Waals surface area contributed by atoms with Crippen molar-refractivity contribution in [1.29, 1.82) is 0 Å². The Bertz CT molecular complexity index is 221. The molecule has 1 rings (SSSR count). The smallest absolute Gasteiger partial charge is 0.253 e. The van der Waals surface area contributed by atoms with Crippen molar-refractivity contribution in [2.75, 3.05) is 40.8 Å². The van der Waals surface area contributed by atoms with Crippen LogP contribution in [0, 0.1) is 0 Å². The molecule has 94 valence electrons. The van der Waals surface area contributed by atoms with Crippen molar-refractivity contribution in [1.82, 2.24) is 9.80 Å². The first-order chi connectivity index (χ1) is 7.60. The van der Waals surface area contributed by atoms with Gasteiger partial charge in [-0.2, -0.15) is 0 Å². The van der Waals surface area contributed by atoms with Crippen LogP contribution in [0.1, 0.15) is 12.8 Å². The Kier molecular flexibility index (Phi) is 5.18. The van der Waals surface area contributed by atoms with Crippen LogP contribution >= 0.6 is 0 Å². The van der Waals surface area contributed by atoms with Crippen molar-refractivity contribution < 1.29 is 9.53 Å². The highest BCUT2D eigenvalue weighted by atomic mass is 16.5. The average Bonchev–Trinajstić information content (AvgIpc) is 2.30. The van der Waals surface area contributed by atoms with Crippen LogP contribution in [0.5, 0.6) is 0 Å². The molecule has 1 amide bonds. The van der Waals surface area contributed by atoms with Crippen LogP contribution in [0.2, 0.25) is 0 Å². The molecule has 1 aliphatic rings. The SMILES string of the molecule is COC(CN)C(=O)N1CCC(N(C)C)CC1. The minimum Gasteiger partial charge on any atom is -0.370 e. The molecule has 0 bridgehead atoms. The molecule has 1 saturated heterocycles. The molecule has 0 aromatic rings. The predicted molar refractivity (Wildman–Crippen MR) is 63.1 cm³/mol. The Labute approximate surface area is 97.5 Å². The summed E-state index contributed by atoms with van der Waals surface area (Å²) in [5.41, 5.74) is 5.49. The average molecular weight is 229 g/mol. The molecule has 0 aromatic heterocycles. The highest BCUT2D eigenvalue weighted by molar-refractivity contribution is 5.81. The van der Waals surface area contributed by atoms with Gasteiger partial charge in [0.05, 0.1) is 0 Å². The van der Waals surface area contributed by atoms with Gasteiger partial charge >= 0.3 is 0 Å². The maximum absolute atomic E-state index is 11.9. The summed E-state index contributed by atoms with van der Waals surface area (Å²) < 4.78 is 5.06. The van der Waals surface area contributed by atoms with Crippen molar-refractivity contribution in [2.45, 2.75) is 25.0 Å². The van der Waals surface area contributed by atoms with Crippen LogP contribution in [-0.4, -0.2) is 68.7 Å². The molecule has 1 heterocycles. The van der Waals surface area contributed by atoms with Gasteiger partial charge in [-0.25, -0.2) is 0 Å². The lowest BCUT2D eigenvalue weighted by Crippen LogP contribution is -2.49. The number of carbonyl (C=O) groups excluding carboxylic acids is 1. The largest absolute Gasteiger partial charge is 0.370 e. The summed E-state index contributed by atoms with van der Waals surface area (Å²) in [5.74, 6) is 0.0298. The summed E-state index contributed by atoms with van der Waals surface area (Å²) in [6.07, 6.45) is 1.58. The maximum Gasteiger partial charge on any atom is 0.253 e. The number of ether oxygens (including phenoxy) is 1. The van der Waals surface area contributed by atoms with Crippen LogP contribution in [0.25, 0.3) is 0 Å². The van der Waals surface area contributed by atoms with Gasteiger partial charge in [0, 0.05) is 32.8 Å². The summed E-state index contributed by atoms with van der Waals surface area (Å²) in [4.78, 5) is 16.0. The van der Waals surface area contributed by atoms with Gasteiger partial charge in [-0.3, -0.25) is 4.79 Å². The molecule has 2 N–H and O–H groups in total. The monoisotopic (exact) mass is 229 g/mol. The molecule has 16 heavy (non-hydrogen) atoms. The van der Waals surface area contributed by atoms with Crippen molar-refractivity contribution >= 4 is 5.91 Å². The van der Waals surface area contributed by atoms with E-state index in [1.54, 1.807) is 0 Å². The summed E-state index contributed by atoms with van der Waals surface area (Å²) in [6.45, 7) is 1.87. The number of likely N-dealkylation sites (tertiary alicyclic amines) is 1. The van der Waals surface area contributed by atoms with E-state index in [0.29, 0.717) is 6.04 Å². The molecular formula is C11H23N3O2. The topological polar surface area (TPSA) is 58.8 Å². The molecule has 1 atom stereocenters. The van der Waals surface area contributed by atoms with E-state index < -0.39 is 6.10 Å². The lowest BCUT2D eigenvalue weighted by molar-refractivity contribution is -0.142. The van der Waals surface area contributed by atoms with Crippen LogP contribution < -0.4 is 5.73 Å². The van der Waals surface area contributed by atoms with Gasteiger partial charge in [0.2, 0.25) is 0 Å². The van der Waals surface area contributed by atoms with Crippen LogP contribution in [-0.2, 0) is 9.53 Å². The minimum atomic E-state index is -0.476. The number of nitrogens with zero attached hydrogens (tertiary/aromatic N) is 2. The van der Waals surface area contributed by atoms with Crippen LogP contribution in [0.3, 0.4) is 0 Å². The van der Waals surface area contributed by atoms with Gasteiger partial charge in [0.25, 0.3) is 5.91 Å². The Morgan fingerprint density at radius 2 is 2.06 bits per heavy atom. The zero-order chi connectivity index (χ0) is 12.1. The lowest BCUT2D eigenvalue weighted by atomic mass is 10.0. The van der Waals surface area contributed by atoms with E-state index in [1.807, 2.05) is 4.90 Å². The molecule has 5 heteroatoms. The molecule has 0 aliphatic carbocycles. The predicted octanol–water partition coefficient (Wildman–Crippen LogP) is -0.487. The number of methoxy groups -OCH3 is 1. The first kappa shape index (κ1) is 13.4. The van der Waals surface area contributed by atoms with Crippen molar-refractivity contribution in [3.8, 4) is 0 Å². The van der Waals surface area contributed by atoms with E-state index in [1.165, 1.54) is 7.11 Å². The minimum absolute atomic E-state index is 0.0298. The Hall–Kier alpha value is -0.650. The number of hydrogen-bond acceptors (Lipinski definition) is 4. The summed E-state index contributed by atoms with van der Waals surface area (Å²) in [5, 5.41) is 0. The number of amides is 1. The first-order valence-corrected chi connectivity index (χ1v) is 5.78. The zero-order valence-corrected chi connectivity index (χ0v) is 10.5. The fourth-order valence-corrected chi connectivity index (χ4v) is 2.10. The summed E-state index contributed by atoms with van der Waals surface area (Å²) in [7, 11) is 5.70. The van der Waals surface area contributed by atoms with Crippen LogP contribution in [0.4, 0.5) is 0 Å². The second-order valence-electron chi connectivity index (χ2n) is 4.48. The quantitative estimate of drug-likeness (QED) is 0.707. The number of carbonyl (C=O) groups is 1. The number of hydrogen-bond donors (Lipinski definition) is 1. The third kappa shape index (κ3) is 3.17. The van der Waals surface area contributed by atoms with E-state index in [4.69, 9.17) is 10.5 Å². The Balaban J connectivity index is 2.44. The molecule has 1 unspecified atom stereocenters. The summed E-state index contributed by atoms with van der Waals surface area (Å²) >= 11 is 0. The maximum atomic E-state index is 11.9. The van der Waals surface area contributed by atoms with Crippen molar-refractivity contribution in [3.63, 3.8) is 0 Å². The van der Waals surface area contributed by atoms with Gasteiger partial charge in [0.1, 0.15) is 6.10 Å². The van der Waals surface area contributed by atoms with Gasteiger partial charge in [0.15, 0.2) is 0 Å². The molecular weight excluding hydrogens is 206 g/mol. The second-order valence-corrected chi connectivity index (χ2v) is 4.48. The van der Waals surface area contributed by atoms with E-state index in [9.17, 15) is 4.79 Å². The first-order valence-electron chi connectivity index (χ1n) is 5.78. The van der Waals surface area contributed by atoms with Gasteiger partial charge < -0.3 is 20.3 Å². The molecule has 0 spiro atoms. The second kappa shape index (κ2) is 6.18. The van der Waals surface area contributed by atoms with E-state index in [0.717, 1.165) is 25.9 Å². The number of piperidine rings is 1. The van der Waals surface area contributed by atoms with E-state index >= 15 is 0 Å². The van der Waals surface area contributed by atoms with E-state index in [-0.39, 0.29) is 12.5 Å². The summed E-state index contributed by atoms with van der Waals surface area (Å²) in [6, 6.07) is 0.586. The van der Waals surface area contributed by atoms with E-state index in [2.05, 4.69) is 19.0 Å². The van der Waals surface area contributed by atoms with Gasteiger partial charge in [-0.1, -0.05) is 0 Å². The molecule has 1 aliphatic heterocycles. The molecule has 0 aromatic carbocycles. The van der Waals surface area contributed by atoms with Gasteiger partial charge in [-0.15, -0.1) is 0 Å². The molecule has 5 nitrogen and oxygen atoms in total. The normalized spacial score (nSPS) is 20.2. The highest BCUT2D eigenvalue weighted by Crippen LogP contribution is 2.15. The van der Waals surface area contributed by atoms with Crippen LogP contribution in [0.15, 0.2) is 0 Å². The highest BCUT2D eigenvalue weighted by Gasteiger charge is 2.27.